The number of nitrogens with zero attached hydrogens (tertiary/aromatic N) is 4. The lowest BCUT2D eigenvalue weighted by atomic mass is 9.99. The number of hydrogen-bond acceptors (Lipinski definition) is 7. The van der Waals surface area contributed by atoms with Crippen molar-refractivity contribution < 1.29 is 13.2 Å². The van der Waals surface area contributed by atoms with Gasteiger partial charge in [-0.1, -0.05) is 31.5 Å². The van der Waals surface area contributed by atoms with Crippen molar-refractivity contribution in [2.24, 2.45) is 10.7 Å². The van der Waals surface area contributed by atoms with Crippen molar-refractivity contribution in [2.75, 3.05) is 25.1 Å². The number of sulfone groups is 1. The number of fused-ring (bicyclic) bond motifs is 2. The first kappa shape index (κ1) is 28.5. The van der Waals surface area contributed by atoms with Crippen molar-refractivity contribution in [1.29, 1.82) is 0 Å². The summed E-state index contributed by atoms with van der Waals surface area (Å²) in [6, 6.07) is 8.87. The van der Waals surface area contributed by atoms with E-state index in [2.05, 4.69) is 9.98 Å². The predicted molar refractivity (Wildman–Crippen MR) is 157 cm³/mol. The van der Waals surface area contributed by atoms with E-state index >= 15 is 0 Å². The summed E-state index contributed by atoms with van der Waals surface area (Å²) in [7, 11) is -3.22. The number of rotatable bonds is 9. The molecule has 11 heteroatoms. The summed E-state index contributed by atoms with van der Waals surface area (Å²) in [6.07, 6.45) is 6.22. The Labute approximate surface area is 232 Å². The molecule has 9 nitrogen and oxygen atoms in total. The third-order valence-electron chi connectivity index (χ3n) is 6.47. The molecule has 1 aliphatic rings. The molecular formula is C28H32ClN5O4S. The second-order valence-corrected chi connectivity index (χ2v) is 12.4. The van der Waals surface area contributed by atoms with Crippen LogP contribution in [0.25, 0.3) is 28.1 Å². The Morgan fingerprint density at radius 1 is 1.13 bits per heavy atom. The number of amides is 1. The van der Waals surface area contributed by atoms with Crippen LogP contribution < -0.4 is 11.3 Å². The van der Waals surface area contributed by atoms with Crippen LogP contribution in [0.5, 0.6) is 0 Å². The summed E-state index contributed by atoms with van der Waals surface area (Å²) >= 11 is 6.73. The first-order chi connectivity index (χ1) is 18.5. The molecule has 0 spiro atoms. The summed E-state index contributed by atoms with van der Waals surface area (Å²) in [6.45, 7) is 5.45. The van der Waals surface area contributed by atoms with Gasteiger partial charge in [0.25, 0.3) is 5.56 Å². The van der Waals surface area contributed by atoms with Gasteiger partial charge in [0.05, 0.1) is 33.7 Å². The highest BCUT2D eigenvalue weighted by Crippen LogP contribution is 2.37. The van der Waals surface area contributed by atoms with E-state index in [1.165, 1.54) is 10.9 Å². The summed E-state index contributed by atoms with van der Waals surface area (Å²) in [5.41, 5.74) is 9.65. The van der Waals surface area contributed by atoms with Gasteiger partial charge in [0.15, 0.2) is 0 Å². The van der Waals surface area contributed by atoms with Gasteiger partial charge >= 0.3 is 0 Å². The average molecular weight is 570 g/mol. The van der Waals surface area contributed by atoms with Crippen LogP contribution >= 0.6 is 11.6 Å². The van der Waals surface area contributed by atoms with Crippen LogP contribution in [0.4, 0.5) is 5.69 Å². The van der Waals surface area contributed by atoms with Crippen LogP contribution in [0.3, 0.4) is 0 Å². The van der Waals surface area contributed by atoms with E-state index in [1.807, 2.05) is 24.8 Å². The van der Waals surface area contributed by atoms with E-state index in [0.717, 1.165) is 30.2 Å². The molecule has 0 saturated carbocycles. The number of carbonyl (C=O) groups is 1. The van der Waals surface area contributed by atoms with Crippen LogP contribution in [0.1, 0.15) is 38.7 Å². The van der Waals surface area contributed by atoms with Gasteiger partial charge in [-0.15, -0.1) is 0 Å². The third kappa shape index (κ3) is 6.57. The van der Waals surface area contributed by atoms with Crippen molar-refractivity contribution in [2.45, 2.75) is 39.7 Å². The SMILES string of the molecule is CCCN(CCC)C(=O)C1=Cc2c(Cl)cc(-c3ccc4c(=O)n(CCS(C)(=O)=O)cnc4c3)cc2N=C(N)C1. The second-order valence-electron chi connectivity index (χ2n) is 9.74. The Kier molecular flexibility index (Phi) is 8.56. The molecule has 1 aliphatic heterocycles. The Bertz CT molecular complexity index is 1650. The van der Waals surface area contributed by atoms with Gasteiger partial charge in [-0.3, -0.25) is 14.2 Å². The molecule has 2 N–H and O–H groups in total. The first-order valence-corrected chi connectivity index (χ1v) is 15.3. The van der Waals surface area contributed by atoms with Gasteiger partial charge in [-0.2, -0.15) is 0 Å². The van der Waals surface area contributed by atoms with E-state index in [0.29, 0.717) is 51.7 Å². The summed E-state index contributed by atoms with van der Waals surface area (Å²) in [5, 5.41) is 0.806. The number of carbonyl (C=O) groups excluding carboxylic acids is 1. The van der Waals surface area contributed by atoms with Gasteiger partial charge in [0.2, 0.25) is 5.91 Å². The maximum absolute atomic E-state index is 13.3. The molecule has 206 valence electrons. The number of hydrogen-bond donors (Lipinski definition) is 1. The Morgan fingerprint density at radius 2 is 1.85 bits per heavy atom. The Hall–Kier alpha value is -3.50. The second kappa shape index (κ2) is 11.7. The maximum atomic E-state index is 13.3. The highest BCUT2D eigenvalue weighted by atomic mass is 35.5. The fourth-order valence-electron chi connectivity index (χ4n) is 4.58. The van der Waals surface area contributed by atoms with E-state index in [1.54, 1.807) is 30.3 Å². The minimum absolute atomic E-state index is 0.0366. The zero-order chi connectivity index (χ0) is 28.3. The molecule has 0 unspecified atom stereocenters. The number of amidine groups is 1. The smallest absolute Gasteiger partial charge is 0.261 e. The van der Waals surface area contributed by atoms with Crippen molar-refractivity contribution in [1.82, 2.24) is 14.5 Å². The molecular weight excluding hydrogens is 538 g/mol. The molecule has 0 radical (unpaired) electrons. The lowest BCUT2D eigenvalue weighted by Gasteiger charge is -2.22. The zero-order valence-corrected chi connectivity index (χ0v) is 23.8. The molecule has 0 saturated heterocycles. The minimum Gasteiger partial charge on any atom is -0.387 e. The van der Waals surface area contributed by atoms with Gasteiger partial charge in [-0.25, -0.2) is 18.4 Å². The largest absolute Gasteiger partial charge is 0.387 e. The molecule has 0 bridgehead atoms. The van der Waals surface area contributed by atoms with Crippen molar-refractivity contribution >= 4 is 55.8 Å². The number of halogens is 1. The third-order valence-corrected chi connectivity index (χ3v) is 7.71. The predicted octanol–water partition coefficient (Wildman–Crippen LogP) is 4.19. The average Bonchev–Trinajstić information content (AvgIpc) is 3.05. The fourth-order valence-corrected chi connectivity index (χ4v) is 5.37. The quantitative estimate of drug-likeness (QED) is 0.411. The van der Waals surface area contributed by atoms with Gasteiger partial charge < -0.3 is 10.6 Å². The van der Waals surface area contributed by atoms with E-state index in [4.69, 9.17) is 17.3 Å². The highest BCUT2D eigenvalue weighted by Gasteiger charge is 2.22. The number of aromatic nitrogens is 2. The fraction of sp³-hybridized carbons (Fsp3) is 0.357. The van der Waals surface area contributed by atoms with Crippen molar-refractivity contribution in [3.63, 3.8) is 0 Å². The first-order valence-electron chi connectivity index (χ1n) is 12.8. The topological polar surface area (TPSA) is 128 Å². The summed E-state index contributed by atoms with van der Waals surface area (Å²) < 4.78 is 24.3. The zero-order valence-electron chi connectivity index (χ0n) is 22.3. The summed E-state index contributed by atoms with van der Waals surface area (Å²) in [5.74, 6) is 0.115. The number of aryl methyl sites for hydroxylation is 1. The standard InChI is InChI=1S/C28H32ClN5O4S/c1-4-8-33(9-5-2)27(35)20-12-22-23(29)13-19(15-25(22)32-26(30)16-20)18-6-7-21-24(14-18)31-17-34(28(21)36)10-11-39(3,37)38/h6-7,12-15,17H,4-5,8-11,16H2,1-3H3,(H2,30,32). The van der Waals surface area contributed by atoms with Crippen LogP contribution in [0.15, 0.2) is 52.0 Å². The lowest BCUT2D eigenvalue weighted by Crippen LogP contribution is -2.34. The van der Waals surface area contributed by atoms with Gasteiger partial charge in [0.1, 0.15) is 15.7 Å². The molecule has 0 aliphatic carbocycles. The Balaban J connectivity index is 1.71. The van der Waals surface area contributed by atoms with Crippen LogP contribution in [-0.2, 0) is 21.2 Å². The Morgan fingerprint density at radius 3 is 2.51 bits per heavy atom. The molecule has 39 heavy (non-hydrogen) atoms. The maximum Gasteiger partial charge on any atom is 0.261 e. The number of nitrogens with two attached hydrogens (primary N) is 1. The van der Waals surface area contributed by atoms with Crippen LogP contribution in [-0.4, -0.2) is 59.7 Å². The van der Waals surface area contributed by atoms with Crippen LogP contribution in [0.2, 0.25) is 5.02 Å². The van der Waals surface area contributed by atoms with Crippen LogP contribution in [0, 0.1) is 0 Å². The number of benzene rings is 2. The van der Waals surface area contributed by atoms with Crippen molar-refractivity contribution in [3.8, 4) is 11.1 Å². The van der Waals surface area contributed by atoms with E-state index < -0.39 is 9.84 Å². The molecule has 3 aromatic rings. The molecule has 1 amide bonds. The molecule has 2 aromatic carbocycles. The highest BCUT2D eigenvalue weighted by molar-refractivity contribution is 7.90. The molecule has 1 aromatic heterocycles. The monoisotopic (exact) mass is 569 g/mol. The number of aliphatic imine (C=N–C) groups is 1. The normalized spacial score (nSPS) is 13.4. The molecule has 0 atom stereocenters. The van der Waals surface area contributed by atoms with E-state index in [9.17, 15) is 18.0 Å². The van der Waals surface area contributed by atoms with Gasteiger partial charge in [0, 0.05) is 43.4 Å². The lowest BCUT2D eigenvalue weighted by molar-refractivity contribution is -0.127. The molecule has 0 fully saturated rings. The minimum atomic E-state index is -3.22. The van der Waals surface area contributed by atoms with E-state index in [-0.39, 0.29) is 30.2 Å². The molecule has 2 heterocycles. The van der Waals surface area contributed by atoms with Gasteiger partial charge in [-0.05, 0) is 54.3 Å². The molecule has 4 rings (SSSR count). The summed E-state index contributed by atoms with van der Waals surface area (Å²) in [4.78, 5) is 36.9. The van der Waals surface area contributed by atoms with Crippen molar-refractivity contribution in [3.05, 3.63) is 63.2 Å².